The molecule has 166 valence electrons. The van der Waals surface area contributed by atoms with Crippen LogP contribution in [-0.4, -0.2) is 37.3 Å². The summed E-state index contributed by atoms with van der Waals surface area (Å²) < 4.78 is 3.26. The number of aromatic hydroxyl groups is 1. The lowest BCUT2D eigenvalue weighted by molar-refractivity contribution is 0.320. The zero-order chi connectivity index (χ0) is 21.8. The van der Waals surface area contributed by atoms with Crippen molar-refractivity contribution in [1.29, 1.82) is 0 Å². The first-order chi connectivity index (χ1) is 15.6. The third-order valence-corrected chi connectivity index (χ3v) is 7.97. The van der Waals surface area contributed by atoms with Gasteiger partial charge in [0, 0.05) is 18.5 Å². The van der Waals surface area contributed by atoms with Gasteiger partial charge in [-0.2, -0.15) is 0 Å². The molecule has 1 saturated heterocycles. The summed E-state index contributed by atoms with van der Waals surface area (Å²) in [7, 11) is 0. The Morgan fingerprint density at radius 3 is 2.72 bits per heavy atom. The second-order valence-corrected chi connectivity index (χ2v) is 9.83. The molecule has 2 aromatic carbocycles. The molecule has 6 nitrogen and oxygen atoms in total. The summed E-state index contributed by atoms with van der Waals surface area (Å²) in [6, 6.07) is 13.8. The quantitative estimate of drug-likeness (QED) is 0.587. The van der Waals surface area contributed by atoms with Crippen molar-refractivity contribution in [3.05, 3.63) is 58.6 Å². The normalized spacial score (nSPS) is 22.4. The Hall–Kier alpha value is -2.80. The summed E-state index contributed by atoms with van der Waals surface area (Å²) in [5, 5.41) is 17.5. The Balaban J connectivity index is 1.31. The minimum absolute atomic E-state index is 0.0404. The van der Waals surface area contributed by atoms with E-state index in [1.165, 1.54) is 36.7 Å². The van der Waals surface area contributed by atoms with Gasteiger partial charge in [0.25, 0.3) is 0 Å². The van der Waals surface area contributed by atoms with Crippen molar-refractivity contribution in [3.63, 3.8) is 0 Å². The van der Waals surface area contributed by atoms with E-state index in [9.17, 15) is 9.90 Å². The highest BCUT2D eigenvalue weighted by Gasteiger charge is 2.48. The molecule has 2 N–H and O–H groups in total. The van der Waals surface area contributed by atoms with Gasteiger partial charge in [-0.1, -0.05) is 55.7 Å². The number of nitrogens with one attached hydrogen (secondary N) is 1. The second kappa shape index (κ2) is 7.66. The van der Waals surface area contributed by atoms with E-state index in [0.29, 0.717) is 18.2 Å². The van der Waals surface area contributed by atoms with Crippen LogP contribution in [0.15, 0.2) is 47.3 Å². The maximum atomic E-state index is 13.4. The summed E-state index contributed by atoms with van der Waals surface area (Å²) in [5.74, 6) is 0.735. The molecule has 3 heterocycles. The van der Waals surface area contributed by atoms with Gasteiger partial charge in [0.15, 0.2) is 5.11 Å². The van der Waals surface area contributed by atoms with Gasteiger partial charge < -0.3 is 15.3 Å². The Morgan fingerprint density at radius 2 is 1.88 bits per heavy atom. The first-order valence-corrected chi connectivity index (χ1v) is 12.1. The number of benzene rings is 2. The van der Waals surface area contributed by atoms with Gasteiger partial charge in [0.2, 0.25) is 5.88 Å². The number of aromatic nitrogens is 2. The standard InChI is InChI=1S/C25H28N4O2S/c30-23-22-21-13-18(15-27(21)24(32)26-14-16-7-2-1-3-8-16)28(22)25(31)29(23)20-12-6-10-17-9-4-5-11-19(17)20/h4-6,9-12,16,18,21,30H,1-3,7-8,13-15H2,(H,26,32)/t18-,21?/m1/s1. The van der Waals surface area contributed by atoms with Gasteiger partial charge in [-0.3, -0.25) is 4.57 Å². The molecule has 2 fully saturated rings. The van der Waals surface area contributed by atoms with Crippen molar-refractivity contribution in [1.82, 2.24) is 19.4 Å². The van der Waals surface area contributed by atoms with Gasteiger partial charge in [-0.25, -0.2) is 9.36 Å². The first-order valence-electron chi connectivity index (χ1n) is 11.7. The maximum absolute atomic E-state index is 13.4. The Labute approximate surface area is 192 Å². The van der Waals surface area contributed by atoms with Crippen molar-refractivity contribution < 1.29 is 5.11 Å². The molecule has 0 radical (unpaired) electrons. The van der Waals surface area contributed by atoms with E-state index in [0.717, 1.165) is 34.5 Å². The predicted molar refractivity (Wildman–Crippen MR) is 129 cm³/mol. The van der Waals surface area contributed by atoms with Crippen LogP contribution in [0.4, 0.5) is 0 Å². The van der Waals surface area contributed by atoms with E-state index in [-0.39, 0.29) is 23.7 Å². The van der Waals surface area contributed by atoms with Crippen molar-refractivity contribution >= 4 is 28.1 Å². The Kier molecular flexibility index (Phi) is 4.75. The molecule has 6 rings (SSSR count). The SMILES string of the molecule is O=c1n(-c2cccc3ccccc23)c(O)c2n1[C@@H]1CC2N(C(=S)NCC2CCCCC2)C1. The summed E-state index contributed by atoms with van der Waals surface area (Å²) >= 11 is 5.75. The van der Waals surface area contributed by atoms with Crippen molar-refractivity contribution in [3.8, 4) is 11.6 Å². The summed E-state index contributed by atoms with van der Waals surface area (Å²) in [6.07, 6.45) is 7.34. The van der Waals surface area contributed by atoms with Crippen molar-refractivity contribution in [2.75, 3.05) is 13.1 Å². The zero-order valence-corrected chi connectivity index (χ0v) is 18.9. The molecule has 1 aliphatic carbocycles. The van der Waals surface area contributed by atoms with Crippen molar-refractivity contribution in [2.45, 2.75) is 50.6 Å². The molecular weight excluding hydrogens is 420 g/mol. The molecule has 0 spiro atoms. The van der Waals surface area contributed by atoms with Gasteiger partial charge in [0.1, 0.15) is 5.69 Å². The van der Waals surface area contributed by atoms with Gasteiger partial charge >= 0.3 is 5.69 Å². The van der Waals surface area contributed by atoms with Gasteiger partial charge in [-0.15, -0.1) is 0 Å². The number of hydrogen-bond donors (Lipinski definition) is 2. The lowest BCUT2D eigenvalue weighted by Crippen LogP contribution is -2.44. The molecule has 3 aromatic rings. The third-order valence-electron chi connectivity index (χ3n) is 7.59. The smallest absolute Gasteiger partial charge is 0.336 e. The molecule has 1 unspecified atom stereocenters. The van der Waals surface area contributed by atoms with Crippen LogP contribution < -0.4 is 11.0 Å². The van der Waals surface area contributed by atoms with E-state index >= 15 is 0 Å². The molecule has 2 aliphatic heterocycles. The van der Waals surface area contributed by atoms with Crippen LogP contribution in [0, 0.1) is 5.92 Å². The van der Waals surface area contributed by atoms with Crippen LogP contribution in [-0.2, 0) is 0 Å². The lowest BCUT2D eigenvalue weighted by atomic mass is 9.89. The number of thiocarbonyl (C=S) groups is 1. The van der Waals surface area contributed by atoms with E-state index in [1.807, 2.05) is 42.5 Å². The molecule has 3 aliphatic rings. The summed E-state index contributed by atoms with van der Waals surface area (Å²) in [4.78, 5) is 15.6. The molecule has 2 bridgehead atoms. The molecule has 7 heteroatoms. The average Bonchev–Trinajstić information content (AvgIpc) is 3.49. The number of hydrogen-bond acceptors (Lipinski definition) is 3. The largest absolute Gasteiger partial charge is 0.493 e. The first kappa shape index (κ1) is 19.9. The van der Waals surface area contributed by atoms with Crippen LogP contribution in [0.2, 0.25) is 0 Å². The summed E-state index contributed by atoms with van der Waals surface area (Å²) in [6.45, 7) is 1.63. The Bertz CT molecular complexity index is 1250. The fraction of sp³-hybridized carbons (Fsp3) is 0.440. The lowest BCUT2D eigenvalue weighted by Gasteiger charge is -2.31. The monoisotopic (exact) mass is 448 g/mol. The van der Waals surface area contributed by atoms with Gasteiger partial charge in [-0.05, 0) is 48.9 Å². The molecule has 0 amide bonds. The predicted octanol–water partition coefficient (Wildman–Crippen LogP) is 4.25. The van der Waals surface area contributed by atoms with Gasteiger partial charge in [0.05, 0.1) is 17.8 Å². The highest BCUT2D eigenvalue weighted by molar-refractivity contribution is 7.80. The van der Waals surface area contributed by atoms with Crippen LogP contribution in [0.5, 0.6) is 5.88 Å². The summed E-state index contributed by atoms with van der Waals surface area (Å²) in [5.41, 5.74) is 1.25. The minimum atomic E-state index is -0.165. The van der Waals surface area contributed by atoms with E-state index in [1.54, 1.807) is 4.57 Å². The third kappa shape index (κ3) is 2.98. The minimum Gasteiger partial charge on any atom is -0.493 e. The zero-order valence-electron chi connectivity index (χ0n) is 18.0. The topological polar surface area (TPSA) is 62.4 Å². The molecular formula is C25H28N4O2S. The Morgan fingerprint density at radius 1 is 1.09 bits per heavy atom. The molecule has 1 saturated carbocycles. The maximum Gasteiger partial charge on any atom is 0.336 e. The second-order valence-electron chi connectivity index (χ2n) is 9.44. The average molecular weight is 449 g/mol. The number of rotatable bonds is 3. The van der Waals surface area contributed by atoms with Crippen LogP contribution >= 0.6 is 12.2 Å². The molecule has 32 heavy (non-hydrogen) atoms. The van der Waals surface area contributed by atoms with Crippen LogP contribution in [0.1, 0.15) is 56.3 Å². The fourth-order valence-corrected chi connectivity index (χ4v) is 6.30. The molecule has 1 aromatic heterocycles. The van der Waals surface area contributed by atoms with E-state index < -0.39 is 0 Å². The highest BCUT2D eigenvalue weighted by atomic mass is 32.1. The molecule has 2 atom stereocenters. The van der Waals surface area contributed by atoms with E-state index in [4.69, 9.17) is 12.2 Å². The van der Waals surface area contributed by atoms with E-state index in [2.05, 4.69) is 10.2 Å². The number of fused-ring (bicyclic) bond motifs is 6. The van der Waals surface area contributed by atoms with Crippen LogP contribution in [0.25, 0.3) is 16.5 Å². The number of imidazole rings is 1. The van der Waals surface area contributed by atoms with Crippen LogP contribution in [0.3, 0.4) is 0 Å². The highest BCUT2D eigenvalue weighted by Crippen LogP contribution is 2.48. The van der Waals surface area contributed by atoms with Crippen molar-refractivity contribution in [2.24, 2.45) is 5.92 Å². The fourth-order valence-electron chi connectivity index (χ4n) is 6.02. The number of nitrogens with zero attached hydrogens (tertiary/aromatic N) is 3. The number of likely N-dealkylation sites (tertiary alicyclic amines) is 1.